The van der Waals surface area contributed by atoms with E-state index in [4.69, 9.17) is 14.2 Å². The minimum atomic E-state index is -2.90. The Hall–Kier alpha value is -3.26. The Bertz CT molecular complexity index is 1220. The lowest BCUT2D eigenvalue weighted by Crippen LogP contribution is -2.40. The van der Waals surface area contributed by atoms with E-state index in [-0.39, 0.29) is 11.5 Å². The number of nitrogens with zero attached hydrogens (tertiary/aromatic N) is 2. The van der Waals surface area contributed by atoms with E-state index in [1.54, 1.807) is 21.3 Å². The van der Waals surface area contributed by atoms with Gasteiger partial charge < -0.3 is 19.1 Å². The zero-order chi connectivity index (χ0) is 23.6. The summed E-state index contributed by atoms with van der Waals surface area (Å²) in [5.41, 5.74) is 6.06. The molecule has 0 radical (unpaired) electrons. The fourth-order valence-electron chi connectivity index (χ4n) is 4.17. The van der Waals surface area contributed by atoms with Crippen molar-refractivity contribution >= 4 is 15.5 Å². The number of hydrogen-bond donors (Lipinski definition) is 0. The predicted molar refractivity (Wildman–Crippen MR) is 130 cm³/mol. The molecule has 0 amide bonds. The highest BCUT2D eigenvalue weighted by Gasteiger charge is 2.22. The van der Waals surface area contributed by atoms with Crippen LogP contribution in [0.1, 0.15) is 5.56 Å². The van der Waals surface area contributed by atoms with Gasteiger partial charge in [0.2, 0.25) is 5.75 Å². The molecular weight excluding hydrogens is 440 g/mol. The monoisotopic (exact) mass is 468 g/mol. The molecule has 1 saturated heterocycles. The Morgan fingerprint density at radius 1 is 0.818 bits per heavy atom. The van der Waals surface area contributed by atoms with Gasteiger partial charge >= 0.3 is 0 Å². The van der Waals surface area contributed by atoms with Crippen LogP contribution in [0.15, 0.2) is 48.8 Å². The highest BCUT2D eigenvalue weighted by molar-refractivity contribution is 7.91. The van der Waals surface area contributed by atoms with Crippen LogP contribution in [-0.2, 0) is 9.84 Å². The van der Waals surface area contributed by atoms with Gasteiger partial charge in [-0.25, -0.2) is 8.42 Å². The van der Waals surface area contributed by atoms with Gasteiger partial charge in [0.15, 0.2) is 21.3 Å². The van der Waals surface area contributed by atoms with Gasteiger partial charge in [0, 0.05) is 42.3 Å². The van der Waals surface area contributed by atoms with Crippen LogP contribution >= 0.6 is 0 Å². The first-order valence-corrected chi connectivity index (χ1v) is 12.5. The molecule has 2 aromatic carbocycles. The summed E-state index contributed by atoms with van der Waals surface area (Å²) in [6.07, 6.45) is 3.70. The van der Waals surface area contributed by atoms with Crippen LogP contribution in [0.25, 0.3) is 22.3 Å². The van der Waals surface area contributed by atoms with Gasteiger partial charge in [-0.1, -0.05) is 12.1 Å². The lowest BCUT2D eigenvalue weighted by atomic mass is 9.95. The van der Waals surface area contributed by atoms with Crippen LogP contribution in [0.4, 0.5) is 5.69 Å². The van der Waals surface area contributed by atoms with Crippen LogP contribution < -0.4 is 19.1 Å². The van der Waals surface area contributed by atoms with Gasteiger partial charge in [-0.05, 0) is 47.9 Å². The molecule has 1 aromatic heterocycles. The second kappa shape index (κ2) is 9.31. The molecule has 0 unspecified atom stereocenters. The quantitative estimate of drug-likeness (QED) is 0.541. The van der Waals surface area contributed by atoms with E-state index in [0.717, 1.165) is 33.5 Å². The van der Waals surface area contributed by atoms with Crippen LogP contribution in [0.3, 0.4) is 0 Å². The van der Waals surface area contributed by atoms with E-state index in [1.165, 1.54) is 0 Å². The van der Waals surface area contributed by atoms with Crippen molar-refractivity contribution in [3.8, 4) is 39.5 Å². The molecule has 0 spiro atoms. The summed E-state index contributed by atoms with van der Waals surface area (Å²) in [5, 5.41) is 0. The molecule has 0 aliphatic carbocycles. The Kier molecular flexibility index (Phi) is 6.47. The third-order valence-electron chi connectivity index (χ3n) is 6.08. The maximum absolute atomic E-state index is 11.7. The summed E-state index contributed by atoms with van der Waals surface area (Å²) in [6, 6.07) is 12.0. The van der Waals surface area contributed by atoms with Crippen molar-refractivity contribution in [1.82, 2.24) is 4.98 Å². The normalized spacial score (nSPS) is 15.2. The van der Waals surface area contributed by atoms with Crippen molar-refractivity contribution in [3.05, 3.63) is 54.4 Å². The third kappa shape index (κ3) is 4.61. The summed E-state index contributed by atoms with van der Waals surface area (Å²) in [5.74, 6) is 2.13. The summed E-state index contributed by atoms with van der Waals surface area (Å²) in [6.45, 7) is 3.12. The summed E-state index contributed by atoms with van der Waals surface area (Å²) >= 11 is 0. The second-order valence-corrected chi connectivity index (χ2v) is 10.3. The molecule has 0 N–H and O–H groups in total. The van der Waals surface area contributed by atoms with Crippen molar-refractivity contribution in [2.24, 2.45) is 0 Å². The van der Waals surface area contributed by atoms with Gasteiger partial charge in [-0.2, -0.15) is 0 Å². The number of methoxy groups -OCH3 is 3. The standard InChI is InChI=1S/C25H28N2O5S/c1-17-21(18-5-7-20(8-6-18)27-9-11-33(28,29)12-10-27)15-26-16-22(17)19-13-23(30-2)25(32-4)24(14-19)31-3/h5-8,13-16H,9-12H2,1-4H3. The van der Waals surface area contributed by atoms with Crippen LogP contribution in [0.2, 0.25) is 0 Å². The molecule has 1 aliphatic rings. The Labute approximate surface area is 194 Å². The van der Waals surface area contributed by atoms with E-state index in [0.29, 0.717) is 30.3 Å². The summed E-state index contributed by atoms with van der Waals surface area (Å²) in [4.78, 5) is 6.60. The number of ether oxygens (including phenoxy) is 3. The van der Waals surface area contributed by atoms with E-state index in [9.17, 15) is 8.42 Å². The Morgan fingerprint density at radius 2 is 1.36 bits per heavy atom. The molecule has 3 aromatic rings. The molecule has 0 bridgehead atoms. The molecule has 1 aliphatic heterocycles. The predicted octanol–water partition coefficient (Wildman–Crippen LogP) is 3.98. The second-order valence-electron chi connectivity index (χ2n) is 7.96. The molecule has 4 rings (SSSR count). The van der Waals surface area contributed by atoms with Crippen molar-refractivity contribution < 1.29 is 22.6 Å². The topological polar surface area (TPSA) is 78.0 Å². The first-order valence-electron chi connectivity index (χ1n) is 10.7. The number of rotatable bonds is 6. The maximum Gasteiger partial charge on any atom is 0.203 e. The van der Waals surface area contributed by atoms with Gasteiger partial charge in [-0.15, -0.1) is 0 Å². The van der Waals surface area contributed by atoms with E-state index < -0.39 is 9.84 Å². The van der Waals surface area contributed by atoms with Crippen LogP contribution in [0, 0.1) is 6.92 Å². The molecule has 7 nitrogen and oxygen atoms in total. The average molecular weight is 469 g/mol. The van der Waals surface area contributed by atoms with Crippen LogP contribution in [0.5, 0.6) is 17.2 Å². The first-order chi connectivity index (χ1) is 15.9. The van der Waals surface area contributed by atoms with Gasteiger partial charge in [0.05, 0.1) is 32.8 Å². The fourth-order valence-corrected chi connectivity index (χ4v) is 5.37. The fraction of sp³-hybridized carbons (Fsp3) is 0.320. The molecule has 33 heavy (non-hydrogen) atoms. The minimum Gasteiger partial charge on any atom is -0.493 e. The van der Waals surface area contributed by atoms with Gasteiger partial charge in [-0.3, -0.25) is 4.98 Å². The lowest BCUT2D eigenvalue weighted by Gasteiger charge is -2.28. The maximum atomic E-state index is 11.7. The van der Waals surface area contributed by atoms with Gasteiger partial charge in [0.25, 0.3) is 0 Å². The van der Waals surface area contributed by atoms with E-state index in [1.807, 2.05) is 36.7 Å². The number of anilines is 1. The third-order valence-corrected chi connectivity index (χ3v) is 7.69. The van der Waals surface area contributed by atoms with Crippen molar-refractivity contribution in [3.63, 3.8) is 0 Å². The van der Waals surface area contributed by atoms with Crippen molar-refractivity contribution in [2.75, 3.05) is 50.8 Å². The van der Waals surface area contributed by atoms with Crippen LogP contribution in [-0.4, -0.2) is 59.3 Å². The SMILES string of the molecule is COc1cc(-c2cncc(-c3ccc(N4CCS(=O)(=O)CC4)cc3)c2C)cc(OC)c1OC. The molecular formula is C25H28N2O5S. The minimum absolute atomic E-state index is 0.203. The number of pyridine rings is 1. The van der Waals surface area contributed by atoms with Crippen molar-refractivity contribution in [2.45, 2.75) is 6.92 Å². The Balaban J connectivity index is 1.67. The molecule has 0 saturated carbocycles. The highest BCUT2D eigenvalue weighted by Crippen LogP contribution is 2.42. The molecule has 0 atom stereocenters. The molecule has 8 heteroatoms. The zero-order valence-corrected chi connectivity index (χ0v) is 20.1. The number of sulfone groups is 1. The van der Waals surface area contributed by atoms with E-state index in [2.05, 4.69) is 28.9 Å². The smallest absolute Gasteiger partial charge is 0.203 e. The zero-order valence-electron chi connectivity index (χ0n) is 19.3. The summed E-state index contributed by atoms with van der Waals surface area (Å²) in [7, 11) is 1.88. The summed E-state index contributed by atoms with van der Waals surface area (Å²) < 4.78 is 39.9. The number of benzene rings is 2. The lowest BCUT2D eigenvalue weighted by molar-refractivity contribution is 0.324. The first kappa shape index (κ1) is 22.9. The molecule has 2 heterocycles. The van der Waals surface area contributed by atoms with Crippen molar-refractivity contribution in [1.29, 1.82) is 0 Å². The molecule has 174 valence electrons. The average Bonchev–Trinajstić information content (AvgIpc) is 2.83. The largest absolute Gasteiger partial charge is 0.493 e. The number of aromatic nitrogens is 1. The highest BCUT2D eigenvalue weighted by atomic mass is 32.2. The Morgan fingerprint density at radius 3 is 1.88 bits per heavy atom. The van der Waals surface area contributed by atoms with E-state index >= 15 is 0 Å². The number of hydrogen-bond acceptors (Lipinski definition) is 7. The molecule has 1 fully saturated rings. The van der Waals surface area contributed by atoms with Gasteiger partial charge in [0.1, 0.15) is 0 Å².